The van der Waals surface area contributed by atoms with Crippen LogP contribution in [0.5, 0.6) is 0 Å². The summed E-state index contributed by atoms with van der Waals surface area (Å²) >= 11 is 0. The van der Waals surface area contributed by atoms with E-state index in [2.05, 4.69) is 51.7 Å². The molecule has 0 amide bonds. The molecule has 2 unspecified atom stereocenters. The fourth-order valence-corrected chi connectivity index (χ4v) is 3.48. The molecule has 2 aliphatic heterocycles. The van der Waals surface area contributed by atoms with Crippen LogP contribution in [0.15, 0.2) is 29.3 Å². The number of nitrogens with one attached hydrogen (secondary N) is 2. The maximum absolute atomic E-state index is 5.67. The number of anilines is 1. The lowest BCUT2D eigenvalue weighted by atomic mass is 10.2. The second-order valence-electron chi connectivity index (χ2n) is 6.83. The van der Waals surface area contributed by atoms with Gasteiger partial charge in [0.05, 0.1) is 6.10 Å². The van der Waals surface area contributed by atoms with Gasteiger partial charge in [0, 0.05) is 45.0 Å². The predicted molar refractivity (Wildman–Crippen MR) is 99.9 cm³/mol. The lowest BCUT2D eigenvalue weighted by molar-refractivity contribution is 0.105. The normalized spacial score (nSPS) is 24.4. The summed E-state index contributed by atoms with van der Waals surface area (Å²) in [7, 11) is 1.84. The first-order valence-corrected chi connectivity index (χ1v) is 9.15. The van der Waals surface area contributed by atoms with Crippen molar-refractivity contribution in [2.75, 3.05) is 38.2 Å². The average molecular weight is 330 g/mol. The third-order valence-electron chi connectivity index (χ3n) is 4.93. The molecule has 2 fully saturated rings. The fourth-order valence-electron chi connectivity index (χ4n) is 3.48. The second kappa shape index (κ2) is 8.38. The summed E-state index contributed by atoms with van der Waals surface area (Å²) in [6.45, 7) is 6.08. The molecule has 2 saturated heterocycles. The van der Waals surface area contributed by atoms with E-state index in [4.69, 9.17) is 4.74 Å². The monoisotopic (exact) mass is 330 g/mol. The van der Waals surface area contributed by atoms with Crippen molar-refractivity contribution in [2.24, 2.45) is 4.99 Å². The lowest BCUT2D eigenvalue weighted by Crippen LogP contribution is -2.45. The lowest BCUT2D eigenvalue weighted by Gasteiger charge is -2.21. The fraction of sp³-hybridized carbons (Fsp3) is 0.632. The van der Waals surface area contributed by atoms with E-state index in [1.807, 2.05) is 7.05 Å². The number of guanidine groups is 1. The predicted octanol–water partition coefficient (Wildman–Crippen LogP) is 2.31. The topological polar surface area (TPSA) is 48.9 Å². The number of rotatable bonds is 5. The van der Waals surface area contributed by atoms with Crippen molar-refractivity contribution in [3.63, 3.8) is 0 Å². The summed E-state index contributed by atoms with van der Waals surface area (Å²) in [5.74, 6) is 0.906. The molecule has 5 heteroatoms. The highest BCUT2D eigenvalue weighted by Crippen LogP contribution is 2.20. The zero-order chi connectivity index (χ0) is 16.8. The highest BCUT2D eigenvalue weighted by molar-refractivity contribution is 5.80. The molecular weight excluding hydrogens is 300 g/mol. The molecule has 0 radical (unpaired) electrons. The molecule has 2 aliphatic rings. The third-order valence-corrected chi connectivity index (χ3v) is 4.93. The Labute approximate surface area is 145 Å². The van der Waals surface area contributed by atoms with Crippen molar-refractivity contribution >= 4 is 11.6 Å². The summed E-state index contributed by atoms with van der Waals surface area (Å²) in [4.78, 5) is 6.80. The van der Waals surface area contributed by atoms with Gasteiger partial charge in [0.1, 0.15) is 0 Å². The Morgan fingerprint density at radius 1 is 1.29 bits per heavy atom. The Morgan fingerprint density at radius 2 is 2.12 bits per heavy atom. The first kappa shape index (κ1) is 17.1. The summed E-state index contributed by atoms with van der Waals surface area (Å²) in [5.41, 5.74) is 2.62. The minimum absolute atomic E-state index is 0.430. The highest BCUT2D eigenvalue weighted by atomic mass is 16.5. The first-order chi connectivity index (χ1) is 11.7. The molecule has 24 heavy (non-hydrogen) atoms. The first-order valence-electron chi connectivity index (χ1n) is 9.15. The van der Waals surface area contributed by atoms with Crippen LogP contribution in [-0.4, -0.2) is 51.4 Å². The second-order valence-corrected chi connectivity index (χ2v) is 6.83. The number of aliphatic imine (C=N–C) groups is 1. The van der Waals surface area contributed by atoms with Gasteiger partial charge in [0.2, 0.25) is 0 Å². The Morgan fingerprint density at radius 3 is 2.83 bits per heavy atom. The molecular formula is C19H30N4O. The van der Waals surface area contributed by atoms with E-state index in [1.165, 1.54) is 24.1 Å². The molecule has 0 aliphatic carbocycles. The van der Waals surface area contributed by atoms with Gasteiger partial charge in [-0.25, -0.2) is 0 Å². The van der Waals surface area contributed by atoms with Crippen LogP contribution in [0.4, 0.5) is 5.69 Å². The van der Waals surface area contributed by atoms with E-state index in [9.17, 15) is 0 Å². The van der Waals surface area contributed by atoms with E-state index in [0.717, 1.165) is 45.0 Å². The van der Waals surface area contributed by atoms with Gasteiger partial charge >= 0.3 is 0 Å². The molecule has 132 valence electrons. The van der Waals surface area contributed by atoms with Crippen molar-refractivity contribution in [1.29, 1.82) is 0 Å². The number of benzene rings is 1. The number of hydrogen-bond acceptors (Lipinski definition) is 3. The summed E-state index contributed by atoms with van der Waals surface area (Å²) in [6, 6.07) is 9.24. The number of hydrogen-bond donors (Lipinski definition) is 2. The molecule has 3 rings (SSSR count). The smallest absolute Gasteiger partial charge is 0.191 e. The van der Waals surface area contributed by atoms with E-state index in [1.54, 1.807) is 0 Å². The van der Waals surface area contributed by atoms with Gasteiger partial charge in [0.15, 0.2) is 5.96 Å². The van der Waals surface area contributed by atoms with Gasteiger partial charge in [-0.2, -0.15) is 0 Å². The van der Waals surface area contributed by atoms with Crippen LogP contribution in [0.25, 0.3) is 0 Å². The Bertz CT molecular complexity index is 537. The molecule has 0 spiro atoms. The summed E-state index contributed by atoms with van der Waals surface area (Å²) in [5, 5.41) is 6.98. The van der Waals surface area contributed by atoms with Crippen LogP contribution < -0.4 is 15.5 Å². The molecule has 0 saturated carbocycles. The molecule has 2 N–H and O–H groups in total. The SMILES string of the molecule is CN=C(NCCC1CCCO1)NC1CCN(c2ccc(C)cc2)C1. The van der Waals surface area contributed by atoms with Crippen LogP contribution in [0, 0.1) is 6.92 Å². The Balaban J connectivity index is 1.42. The van der Waals surface area contributed by atoms with E-state index in [0.29, 0.717) is 12.1 Å². The van der Waals surface area contributed by atoms with Crippen LogP contribution >= 0.6 is 0 Å². The number of nitrogens with zero attached hydrogens (tertiary/aromatic N) is 2. The number of ether oxygens (including phenoxy) is 1. The van der Waals surface area contributed by atoms with Crippen molar-refractivity contribution in [2.45, 2.75) is 44.8 Å². The maximum Gasteiger partial charge on any atom is 0.191 e. The van der Waals surface area contributed by atoms with E-state index < -0.39 is 0 Å². The van der Waals surface area contributed by atoms with Gasteiger partial charge in [-0.05, 0) is 44.7 Å². The summed E-state index contributed by atoms with van der Waals surface area (Å²) < 4.78 is 5.67. The third kappa shape index (κ3) is 4.63. The van der Waals surface area contributed by atoms with Gasteiger partial charge in [-0.3, -0.25) is 4.99 Å². The van der Waals surface area contributed by atoms with Gasteiger partial charge in [0.25, 0.3) is 0 Å². The zero-order valence-electron chi connectivity index (χ0n) is 14.9. The van der Waals surface area contributed by atoms with E-state index in [-0.39, 0.29) is 0 Å². The standard InChI is InChI=1S/C19H30N4O/c1-15-5-7-17(8-6-15)23-12-10-16(14-23)22-19(20-2)21-11-9-18-4-3-13-24-18/h5-8,16,18H,3-4,9-14H2,1-2H3,(H2,20,21,22). The van der Waals surface area contributed by atoms with Crippen molar-refractivity contribution < 1.29 is 4.74 Å². The van der Waals surface area contributed by atoms with Gasteiger partial charge in [-0.15, -0.1) is 0 Å². The molecule has 2 atom stereocenters. The zero-order valence-corrected chi connectivity index (χ0v) is 14.9. The van der Waals surface area contributed by atoms with Crippen LogP contribution in [0.1, 0.15) is 31.2 Å². The quantitative estimate of drug-likeness (QED) is 0.642. The molecule has 0 bridgehead atoms. The summed E-state index contributed by atoms with van der Waals surface area (Å²) in [6.07, 6.45) is 5.02. The van der Waals surface area contributed by atoms with Gasteiger partial charge < -0.3 is 20.3 Å². The van der Waals surface area contributed by atoms with Crippen molar-refractivity contribution in [3.8, 4) is 0 Å². The van der Waals surface area contributed by atoms with Crippen LogP contribution in [0.3, 0.4) is 0 Å². The Hall–Kier alpha value is -1.75. The molecule has 1 aromatic rings. The molecule has 1 aromatic carbocycles. The van der Waals surface area contributed by atoms with Crippen LogP contribution in [-0.2, 0) is 4.74 Å². The van der Waals surface area contributed by atoms with Crippen LogP contribution in [0.2, 0.25) is 0 Å². The molecule has 0 aromatic heterocycles. The minimum atomic E-state index is 0.430. The number of aryl methyl sites for hydroxylation is 1. The highest BCUT2D eigenvalue weighted by Gasteiger charge is 2.23. The minimum Gasteiger partial charge on any atom is -0.378 e. The Kier molecular flexibility index (Phi) is 5.96. The average Bonchev–Trinajstić information content (AvgIpc) is 3.26. The van der Waals surface area contributed by atoms with Crippen molar-refractivity contribution in [3.05, 3.63) is 29.8 Å². The molecule has 5 nitrogen and oxygen atoms in total. The van der Waals surface area contributed by atoms with E-state index >= 15 is 0 Å². The molecule has 2 heterocycles. The van der Waals surface area contributed by atoms with Crippen molar-refractivity contribution in [1.82, 2.24) is 10.6 Å². The van der Waals surface area contributed by atoms with Gasteiger partial charge in [-0.1, -0.05) is 17.7 Å². The largest absolute Gasteiger partial charge is 0.378 e. The maximum atomic E-state index is 5.67.